The fourth-order valence-corrected chi connectivity index (χ4v) is 2.00. The molecule has 0 aliphatic carbocycles. The fraction of sp³-hybridized carbons (Fsp3) is 0.273. The van der Waals surface area contributed by atoms with Crippen molar-refractivity contribution in [3.8, 4) is 0 Å². The van der Waals surface area contributed by atoms with Gasteiger partial charge in [-0.1, -0.05) is 11.6 Å². The van der Waals surface area contributed by atoms with Gasteiger partial charge in [0.25, 0.3) is 0 Å². The van der Waals surface area contributed by atoms with Crippen LogP contribution >= 0.6 is 23.2 Å². The molecule has 0 bridgehead atoms. The maximum atomic E-state index is 13.3. The van der Waals surface area contributed by atoms with Gasteiger partial charge in [-0.3, -0.25) is 4.79 Å². The second-order valence-corrected chi connectivity index (χ2v) is 4.25. The number of nitrogens with zero attached hydrogens (tertiary/aromatic N) is 2. The number of rotatable bonds is 3. The number of aromatic nitrogens is 2. The number of esters is 1. The van der Waals surface area contributed by atoms with Crippen molar-refractivity contribution in [3.63, 3.8) is 0 Å². The third-order valence-electron chi connectivity index (χ3n) is 2.50. The van der Waals surface area contributed by atoms with Crippen molar-refractivity contribution in [2.75, 3.05) is 7.11 Å². The fourth-order valence-electron chi connectivity index (χ4n) is 1.64. The Bertz CT molecular complexity index is 613. The first-order valence-electron chi connectivity index (χ1n) is 5.03. The molecule has 0 aliphatic heterocycles. The predicted octanol–water partition coefficient (Wildman–Crippen LogP) is 2.74. The summed E-state index contributed by atoms with van der Waals surface area (Å²) in [6, 6.07) is 2.62. The van der Waals surface area contributed by atoms with E-state index in [0.29, 0.717) is 16.9 Å². The third kappa shape index (κ3) is 2.28. The Balaban J connectivity index is 2.61. The van der Waals surface area contributed by atoms with Crippen LogP contribution < -0.4 is 0 Å². The van der Waals surface area contributed by atoms with E-state index in [9.17, 15) is 9.18 Å². The Morgan fingerprint density at radius 1 is 1.56 bits per heavy atom. The zero-order valence-corrected chi connectivity index (χ0v) is 10.9. The van der Waals surface area contributed by atoms with Gasteiger partial charge in [0.15, 0.2) is 0 Å². The second kappa shape index (κ2) is 5.12. The molecule has 7 heteroatoms. The predicted molar refractivity (Wildman–Crippen MR) is 66.3 cm³/mol. The first-order valence-corrected chi connectivity index (χ1v) is 5.95. The number of benzene rings is 1. The molecule has 1 aromatic carbocycles. The molecule has 1 aromatic heterocycles. The highest BCUT2D eigenvalue weighted by molar-refractivity contribution is 6.31. The summed E-state index contributed by atoms with van der Waals surface area (Å²) in [6.45, 7) is -0.0446. The molecule has 0 saturated heterocycles. The lowest BCUT2D eigenvalue weighted by Crippen LogP contribution is -2.13. The van der Waals surface area contributed by atoms with Crippen LogP contribution in [-0.2, 0) is 22.0 Å². The molecule has 0 amide bonds. The molecule has 2 aromatic rings. The van der Waals surface area contributed by atoms with Crippen LogP contribution in [0, 0.1) is 5.82 Å². The van der Waals surface area contributed by atoms with E-state index in [1.54, 1.807) is 4.57 Å². The van der Waals surface area contributed by atoms with Crippen molar-refractivity contribution in [1.82, 2.24) is 9.55 Å². The SMILES string of the molecule is COC(=O)Cn1c(CCl)nc2cc(F)c(Cl)cc21. The maximum Gasteiger partial charge on any atom is 0.325 e. The smallest absolute Gasteiger partial charge is 0.325 e. The van der Waals surface area contributed by atoms with Crippen LogP contribution in [-0.4, -0.2) is 22.6 Å². The van der Waals surface area contributed by atoms with Crippen molar-refractivity contribution in [1.29, 1.82) is 0 Å². The summed E-state index contributed by atoms with van der Waals surface area (Å²) in [5.41, 5.74) is 0.943. The van der Waals surface area contributed by atoms with Gasteiger partial charge in [0, 0.05) is 6.07 Å². The van der Waals surface area contributed by atoms with Crippen molar-refractivity contribution in [2.24, 2.45) is 0 Å². The third-order valence-corrected chi connectivity index (χ3v) is 3.03. The van der Waals surface area contributed by atoms with Crippen LogP contribution in [0.2, 0.25) is 5.02 Å². The van der Waals surface area contributed by atoms with E-state index < -0.39 is 11.8 Å². The Morgan fingerprint density at radius 3 is 2.89 bits per heavy atom. The molecule has 0 N–H and O–H groups in total. The molecule has 0 fully saturated rings. The van der Waals surface area contributed by atoms with E-state index in [-0.39, 0.29) is 17.4 Å². The van der Waals surface area contributed by atoms with Crippen molar-refractivity contribution in [2.45, 2.75) is 12.4 Å². The van der Waals surface area contributed by atoms with E-state index in [1.807, 2.05) is 0 Å². The van der Waals surface area contributed by atoms with Crippen LogP contribution in [0.4, 0.5) is 4.39 Å². The quantitative estimate of drug-likeness (QED) is 0.645. The summed E-state index contributed by atoms with van der Waals surface area (Å²) in [6.07, 6.45) is 0. The highest BCUT2D eigenvalue weighted by Crippen LogP contribution is 2.24. The summed E-state index contributed by atoms with van der Waals surface area (Å²) in [7, 11) is 1.29. The average Bonchev–Trinajstić information content (AvgIpc) is 2.67. The minimum absolute atomic E-state index is 0.0327. The van der Waals surface area contributed by atoms with E-state index in [4.69, 9.17) is 23.2 Å². The highest BCUT2D eigenvalue weighted by Gasteiger charge is 2.15. The standard InChI is InChI=1S/C11H9Cl2FN2O2/c1-18-11(17)5-16-9-2-6(13)7(14)3-8(9)15-10(16)4-12/h2-3H,4-5H2,1H3. The summed E-state index contributed by atoms with van der Waals surface area (Å²) in [5.74, 6) is -0.446. The van der Waals surface area contributed by atoms with Gasteiger partial charge in [-0.25, -0.2) is 9.37 Å². The van der Waals surface area contributed by atoms with Crippen molar-refractivity contribution in [3.05, 3.63) is 28.8 Å². The van der Waals surface area contributed by atoms with Gasteiger partial charge >= 0.3 is 5.97 Å². The lowest BCUT2D eigenvalue weighted by atomic mass is 10.3. The number of fused-ring (bicyclic) bond motifs is 1. The number of carbonyl (C=O) groups is 1. The number of hydrogen-bond donors (Lipinski definition) is 0. The first kappa shape index (κ1) is 13.1. The number of carbonyl (C=O) groups excluding carboxylic acids is 1. The van der Waals surface area contributed by atoms with Crippen molar-refractivity contribution >= 4 is 40.2 Å². The van der Waals surface area contributed by atoms with Crippen LogP contribution in [0.15, 0.2) is 12.1 Å². The van der Waals surface area contributed by atoms with Gasteiger partial charge in [-0.05, 0) is 6.07 Å². The topological polar surface area (TPSA) is 44.1 Å². The van der Waals surface area contributed by atoms with Crippen LogP contribution in [0.5, 0.6) is 0 Å². The number of methoxy groups -OCH3 is 1. The summed E-state index contributed by atoms with van der Waals surface area (Å²) < 4.78 is 19.5. The van der Waals surface area contributed by atoms with Gasteiger partial charge in [0.05, 0.1) is 29.0 Å². The lowest BCUT2D eigenvalue weighted by molar-refractivity contribution is -0.141. The number of halogens is 3. The van der Waals surface area contributed by atoms with E-state index in [2.05, 4.69) is 9.72 Å². The minimum atomic E-state index is -0.562. The minimum Gasteiger partial charge on any atom is -0.468 e. The van der Waals surface area contributed by atoms with Crippen LogP contribution in [0.1, 0.15) is 5.82 Å². The molecule has 0 radical (unpaired) electrons. The summed E-state index contributed by atoms with van der Waals surface area (Å²) in [4.78, 5) is 15.5. The molecule has 4 nitrogen and oxygen atoms in total. The Kier molecular flexibility index (Phi) is 3.73. The zero-order chi connectivity index (χ0) is 13.3. The number of hydrogen-bond acceptors (Lipinski definition) is 3. The van der Waals surface area contributed by atoms with Crippen LogP contribution in [0.25, 0.3) is 11.0 Å². The van der Waals surface area contributed by atoms with E-state index >= 15 is 0 Å². The number of ether oxygens (including phenoxy) is 1. The molecular weight excluding hydrogens is 282 g/mol. The molecule has 96 valence electrons. The molecule has 0 unspecified atom stereocenters. The second-order valence-electron chi connectivity index (χ2n) is 3.58. The lowest BCUT2D eigenvalue weighted by Gasteiger charge is -2.06. The highest BCUT2D eigenvalue weighted by atomic mass is 35.5. The van der Waals surface area contributed by atoms with E-state index in [0.717, 1.165) is 0 Å². The summed E-state index contributed by atoms with van der Waals surface area (Å²) in [5, 5.41) is -0.0327. The molecule has 0 atom stereocenters. The van der Waals surface area contributed by atoms with Gasteiger partial charge in [0.2, 0.25) is 0 Å². The summed E-state index contributed by atoms with van der Waals surface area (Å²) >= 11 is 11.5. The molecule has 0 aliphatic rings. The Labute approximate surface area is 112 Å². The van der Waals surface area contributed by atoms with Gasteiger partial charge in [-0.15, -0.1) is 11.6 Å². The maximum absolute atomic E-state index is 13.3. The molecule has 18 heavy (non-hydrogen) atoms. The largest absolute Gasteiger partial charge is 0.468 e. The van der Waals surface area contributed by atoms with Gasteiger partial charge in [0.1, 0.15) is 18.2 Å². The first-order chi connectivity index (χ1) is 8.56. The molecule has 1 heterocycles. The number of imidazole rings is 1. The molecule has 0 spiro atoms. The normalized spacial score (nSPS) is 10.9. The van der Waals surface area contributed by atoms with Gasteiger partial charge < -0.3 is 9.30 Å². The molecule has 2 rings (SSSR count). The Hall–Kier alpha value is -1.33. The van der Waals surface area contributed by atoms with Crippen LogP contribution in [0.3, 0.4) is 0 Å². The van der Waals surface area contributed by atoms with E-state index in [1.165, 1.54) is 19.2 Å². The molecule has 0 saturated carbocycles. The average molecular weight is 291 g/mol. The zero-order valence-electron chi connectivity index (χ0n) is 9.41. The van der Waals surface area contributed by atoms with Crippen molar-refractivity contribution < 1.29 is 13.9 Å². The monoisotopic (exact) mass is 290 g/mol. The number of alkyl halides is 1. The Morgan fingerprint density at radius 2 is 2.28 bits per heavy atom. The molecular formula is C11H9Cl2FN2O2. The van der Waals surface area contributed by atoms with Gasteiger partial charge in [-0.2, -0.15) is 0 Å².